The van der Waals surface area contributed by atoms with Gasteiger partial charge in [-0.2, -0.15) is 0 Å². The number of benzene rings is 2. The van der Waals surface area contributed by atoms with Crippen molar-refractivity contribution >= 4 is 21.6 Å². The van der Waals surface area contributed by atoms with Crippen LogP contribution in [0.15, 0.2) is 48.5 Å². The molecule has 0 saturated carbocycles. The van der Waals surface area contributed by atoms with Gasteiger partial charge in [0.25, 0.3) is 0 Å². The summed E-state index contributed by atoms with van der Waals surface area (Å²) in [6.07, 6.45) is 0. The van der Waals surface area contributed by atoms with Crippen LogP contribution in [0.25, 0.3) is 0 Å². The van der Waals surface area contributed by atoms with E-state index in [0.29, 0.717) is 0 Å². The Morgan fingerprint density at radius 2 is 1.12 bits per heavy atom. The summed E-state index contributed by atoms with van der Waals surface area (Å²) >= 11 is 0. The summed E-state index contributed by atoms with van der Waals surface area (Å²) in [5.41, 5.74) is 2.08. The fourth-order valence-electron chi connectivity index (χ4n) is 2.25. The van der Waals surface area contributed by atoms with Gasteiger partial charge in [0, 0.05) is 11.1 Å². The zero-order chi connectivity index (χ0) is 19.6. The molecular formula is C23H32OSi2. The molecule has 0 bridgehead atoms. The number of rotatable bonds is 3. The summed E-state index contributed by atoms with van der Waals surface area (Å²) in [5, 5.41) is 1.67. The first kappa shape index (κ1) is 20.5. The van der Waals surface area contributed by atoms with Crippen LogP contribution in [-0.2, 0) is 0 Å². The molecule has 0 heterocycles. The van der Waals surface area contributed by atoms with Crippen LogP contribution in [0.5, 0.6) is 5.75 Å². The first-order valence-corrected chi connectivity index (χ1v) is 15.7. The Labute approximate surface area is 162 Å². The normalized spacial score (nSPS) is 12.3. The highest BCUT2D eigenvalue weighted by atomic mass is 28.4. The van der Waals surface area contributed by atoms with Crippen molar-refractivity contribution in [2.24, 2.45) is 0 Å². The fourth-order valence-corrected chi connectivity index (χ4v) is 4.45. The Bertz CT molecular complexity index is 793. The van der Waals surface area contributed by atoms with Crippen LogP contribution in [0.1, 0.15) is 31.9 Å². The van der Waals surface area contributed by atoms with Crippen LogP contribution in [0.2, 0.25) is 37.8 Å². The molecule has 0 spiro atoms. The average Bonchev–Trinajstić information content (AvgIpc) is 2.52. The zero-order valence-electron chi connectivity index (χ0n) is 17.5. The van der Waals surface area contributed by atoms with Gasteiger partial charge >= 0.3 is 0 Å². The van der Waals surface area contributed by atoms with E-state index in [4.69, 9.17) is 4.43 Å². The van der Waals surface area contributed by atoms with E-state index in [-0.39, 0.29) is 5.04 Å². The molecule has 0 radical (unpaired) electrons. The van der Waals surface area contributed by atoms with E-state index in [0.717, 1.165) is 16.9 Å². The minimum Gasteiger partial charge on any atom is -0.544 e. The van der Waals surface area contributed by atoms with Crippen LogP contribution in [0.4, 0.5) is 0 Å². The van der Waals surface area contributed by atoms with Gasteiger partial charge < -0.3 is 4.43 Å². The average molecular weight is 381 g/mol. The van der Waals surface area contributed by atoms with Crippen molar-refractivity contribution in [3.63, 3.8) is 0 Å². The molecule has 2 rings (SSSR count). The number of hydrogen-bond acceptors (Lipinski definition) is 1. The van der Waals surface area contributed by atoms with Gasteiger partial charge in [-0.1, -0.05) is 69.6 Å². The summed E-state index contributed by atoms with van der Waals surface area (Å²) in [7, 11) is -3.03. The standard InChI is InChI=1S/C23H32OSi2/c1-23(2,3)26(7,8)24-21-15-11-19(12-16-21)9-10-20-13-17-22(18-14-20)25(4,5)6/h11-18H,1-8H3. The fraction of sp³-hybridized carbons (Fsp3) is 0.391. The first-order chi connectivity index (χ1) is 11.9. The van der Waals surface area contributed by atoms with Crippen molar-refractivity contribution in [3.05, 3.63) is 59.7 Å². The Balaban J connectivity index is 2.10. The van der Waals surface area contributed by atoms with E-state index in [1.165, 1.54) is 5.19 Å². The maximum Gasteiger partial charge on any atom is 0.250 e. The summed E-state index contributed by atoms with van der Waals surface area (Å²) in [6.45, 7) is 18.4. The Kier molecular flexibility index (Phi) is 5.90. The molecule has 3 heteroatoms. The highest BCUT2D eigenvalue weighted by Crippen LogP contribution is 2.37. The summed E-state index contributed by atoms with van der Waals surface area (Å²) in [6, 6.07) is 16.9. The molecule has 0 unspecified atom stereocenters. The zero-order valence-corrected chi connectivity index (χ0v) is 19.5. The molecule has 2 aromatic rings. The Morgan fingerprint density at radius 1 is 0.692 bits per heavy atom. The molecule has 138 valence electrons. The molecule has 1 nitrogen and oxygen atoms in total. The van der Waals surface area contributed by atoms with E-state index in [1.54, 1.807) is 0 Å². The molecule has 0 fully saturated rings. The van der Waals surface area contributed by atoms with E-state index >= 15 is 0 Å². The van der Waals surface area contributed by atoms with Crippen molar-refractivity contribution in [1.82, 2.24) is 0 Å². The molecule has 26 heavy (non-hydrogen) atoms. The molecule has 0 N–H and O–H groups in total. The maximum absolute atomic E-state index is 6.32. The smallest absolute Gasteiger partial charge is 0.250 e. The van der Waals surface area contributed by atoms with Gasteiger partial charge in [0.15, 0.2) is 0 Å². The third-order valence-corrected chi connectivity index (χ3v) is 11.6. The molecule has 0 aromatic heterocycles. The minimum atomic E-state index is -1.79. The van der Waals surface area contributed by atoms with Crippen molar-refractivity contribution in [3.8, 4) is 17.6 Å². The molecule has 0 atom stereocenters. The summed E-state index contributed by atoms with van der Waals surface area (Å²) in [4.78, 5) is 0. The van der Waals surface area contributed by atoms with Crippen molar-refractivity contribution < 1.29 is 4.43 Å². The van der Waals surface area contributed by atoms with Crippen LogP contribution >= 0.6 is 0 Å². The lowest BCUT2D eigenvalue weighted by Gasteiger charge is -2.36. The lowest BCUT2D eigenvalue weighted by Crippen LogP contribution is -2.43. The first-order valence-electron chi connectivity index (χ1n) is 9.30. The highest BCUT2D eigenvalue weighted by Gasteiger charge is 2.38. The van der Waals surface area contributed by atoms with Crippen molar-refractivity contribution in [1.29, 1.82) is 0 Å². The number of hydrogen-bond donors (Lipinski definition) is 0. The van der Waals surface area contributed by atoms with E-state index in [9.17, 15) is 0 Å². The van der Waals surface area contributed by atoms with Crippen LogP contribution in [0, 0.1) is 11.8 Å². The van der Waals surface area contributed by atoms with Crippen LogP contribution in [-0.4, -0.2) is 16.4 Å². The molecular weight excluding hydrogens is 348 g/mol. The highest BCUT2D eigenvalue weighted by molar-refractivity contribution is 6.88. The molecule has 0 amide bonds. The van der Waals surface area contributed by atoms with Gasteiger partial charge in [-0.3, -0.25) is 0 Å². The van der Waals surface area contributed by atoms with E-state index < -0.39 is 16.4 Å². The van der Waals surface area contributed by atoms with Crippen LogP contribution in [0.3, 0.4) is 0 Å². The van der Waals surface area contributed by atoms with Gasteiger partial charge in [0.1, 0.15) is 5.75 Å². The van der Waals surface area contributed by atoms with Crippen molar-refractivity contribution in [2.75, 3.05) is 0 Å². The Morgan fingerprint density at radius 3 is 1.50 bits per heavy atom. The monoisotopic (exact) mass is 380 g/mol. The molecule has 0 saturated heterocycles. The molecule has 0 aliphatic heterocycles. The minimum absolute atomic E-state index is 0.202. The van der Waals surface area contributed by atoms with E-state index in [1.807, 2.05) is 24.3 Å². The van der Waals surface area contributed by atoms with Gasteiger partial charge in [-0.05, 0) is 54.5 Å². The van der Waals surface area contributed by atoms with Crippen molar-refractivity contribution in [2.45, 2.75) is 58.5 Å². The van der Waals surface area contributed by atoms with Gasteiger partial charge in [0.2, 0.25) is 8.32 Å². The van der Waals surface area contributed by atoms with Gasteiger partial charge in [0.05, 0.1) is 8.07 Å². The lowest BCUT2D eigenvalue weighted by atomic mass is 10.2. The molecule has 0 aliphatic carbocycles. The second-order valence-corrected chi connectivity index (χ2v) is 19.3. The Hall–Kier alpha value is -1.77. The second-order valence-electron chi connectivity index (χ2n) is 9.46. The summed E-state index contributed by atoms with van der Waals surface area (Å²) < 4.78 is 6.32. The van der Waals surface area contributed by atoms with Gasteiger partial charge in [-0.15, -0.1) is 0 Å². The third-order valence-electron chi connectivity index (χ3n) is 5.14. The topological polar surface area (TPSA) is 9.23 Å². The van der Waals surface area contributed by atoms with E-state index in [2.05, 4.69) is 89.6 Å². The molecule has 0 aliphatic rings. The van der Waals surface area contributed by atoms with Gasteiger partial charge in [-0.25, -0.2) is 0 Å². The summed E-state index contributed by atoms with van der Waals surface area (Å²) in [5.74, 6) is 7.47. The SMILES string of the molecule is CC(C)(C)[Si](C)(C)Oc1ccc(C#Cc2ccc([Si](C)(C)C)cc2)cc1. The molecule has 2 aromatic carbocycles. The maximum atomic E-state index is 6.32. The lowest BCUT2D eigenvalue weighted by molar-refractivity contribution is 0.492. The van der Waals surface area contributed by atoms with Crippen LogP contribution < -0.4 is 9.61 Å². The largest absolute Gasteiger partial charge is 0.544 e. The predicted molar refractivity (Wildman–Crippen MR) is 120 cm³/mol. The predicted octanol–water partition coefficient (Wildman–Crippen LogP) is 6.02. The third kappa shape index (κ3) is 5.36. The quantitative estimate of drug-likeness (QED) is 0.467. The second kappa shape index (κ2) is 7.46.